The van der Waals surface area contributed by atoms with Crippen LogP contribution in [0.25, 0.3) is 0 Å². The van der Waals surface area contributed by atoms with Crippen LogP contribution in [0.3, 0.4) is 0 Å². The number of nitrogens with zero attached hydrogens (tertiary/aromatic N) is 2. The molecule has 0 spiro atoms. The first-order valence-electron chi connectivity index (χ1n) is 8.85. The maximum Gasteiger partial charge on any atom is 0.417 e. The molecule has 6 nitrogen and oxygen atoms in total. The van der Waals surface area contributed by atoms with Gasteiger partial charge in [0.25, 0.3) is 5.91 Å². The number of amides is 2. The highest BCUT2D eigenvalue weighted by Crippen LogP contribution is 2.32. The van der Waals surface area contributed by atoms with E-state index in [-0.39, 0.29) is 5.69 Å². The molecule has 156 valence electrons. The minimum atomic E-state index is -4.54. The summed E-state index contributed by atoms with van der Waals surface area (Å²) in [5.41, 5.74) is -0.373. The van der Waals surface area contributed by atoms with Crippen LogP contribution in [-0.2, 0) is 23.9 Å². The van der Waals surface area contributed by atoms with Crippen molar-refractivity contribution in [3.8, 4) is 0 Å². The van der Waals surface area contributed by atoms with Crippen molar-refractivity contribution < 1.29 is 27.5 Å². The monoisotopic (exact) mass is 427 g/mol. The lowest BCUT2D eigenvalue weighted by Crippen LogP contribution is -2.39. The molecule has 0 fully saturated rings. The van der Waals surface area contributed by atoms with Gasteiger partial charge in [-0.05, 0) is 38.8 Å². The third-order valence-electron chi connectivity index (χ3n) is 4.17. The van der Waals surface area contributed by atoms with Gasteiger partial charge >= 0.3 is 12.3 Å². The van der Waals surface area contributed by atoms with Gasteiger partial charge in [0.15, 0.2) is 0 Å². The predicted molar refractivity (Wildman–Crippen MR) is 102 cm³/mol. The molecule has 2 aromatic rings. The minimum absolute atomic E-state index is 0.0315. The van der Waals surface area contributed by atoms with E-state index < -0.39 is 29.3 Å². The Bertz CT molecular complexity index is 935. The lowest BCUT2D eigenvalue weighted by Gasteiger charge is -2.30. The predicted octanol–water partition coefficient (Wildman–Crippen LogP) is 4.71. The van der Waals surface area contributed by atoms with Crippen LogP contribution in [0.1, 0.15) is 47.1 Å². The van der Waals surface area contributed by atoms with Crippen molar-refractivity contribution in [2.24, 2.45) is 0 Å². The Kier molecular flexibility index (Phi) is 5.57. The van der Waals surface area contributed by atoms with Crippen molar-refractivity contribution in [3.05, 3.63) is 45.4 Å². The number of carbonyl (C=O) groups excluding carboxylic acids is 2. The van der Waals surface area contributed by atoms with E-state index in [2.05, 4.69) is 10.3 Å². The van der Waals surface area contributed by atoms with Crippen molar-refractivity contribution in [1.29, 1.82) is 0 Å². The molecule has 1 N–H and O–H groups in total. The van der Waals surface area contributed by atoms with Crippen LogP contribution in [-0.4, -0.2) is 34.0 Å². The number of fused-ring (bicyclic) bond motifs is 1. The van der Waals surface area contributed by atoms with E-state index in [1.807, 2.05) is 0 Å². The van der Waals surface area contributed by atoms with E-state index in [0.29, 0.717) is 31.3 Å². The number of hydrogen-bond acceptors (Lipinski definition) is 5. The number of carbonyl (C=O) groups is 2. The highest BCUT2D eigenvalue weighted by Gasteiger charge is 2.32. The summed E-state index contributed by atoms with van der Waals surface area (Å²) in [7, 11) is 0. The Balaban J connectivity index is 1.72. The van der Waals surface area contributed by atoms with Gasteiger partial charge in [0.1, 0.15) is 5.60 Å². The van der Waals surface area contributed by atoms with E-state index in [9.17, 15) is 22.8 Å². The maximum atomic E-state index is 12.8. The lowest BCUT2D eigenvalue weighted by atomic mass is 10.0. The number of ether oxygens (including phenoxy) is 1. The summed E-state index contributed by atoms with van der Waals surface area (Å²) in [5, 5.41) is 4.12. The summed E-state index contributed by atoms with van der Waals surface area (Å²) in [4.78, 5) is 30.8. The van der Waals surface area contributed by atoms with Crippen molar-refractivity contribution in [1.82, 2.24) is 9.88 Å². The number of anilines is 1. The zero-order valence-electron chi connectivity index (χ0n) is 16.1. The topological polar surface area (TPSA) is 71.5 Å². The summed E-state index contributed by atoms with van der Waals surface area (Å²) in [6, 6.07) is 0.841. The van der Waals surface area contributed by atoms with Crippen LogP contribution < -0.4 is 5.32 Å². The van der Waals surface area contributed by atoms with Crippen molar-refractivity contribution in [2.45, 2.75) is 45.5 Å². The quantitative estimate of drug-likeness (QED) is 0.754. The molecular weight excluding hydrogens is 407 g/mol. The number of aromatic nitrogens is 1. The maximum absolute atomic E-state index is 12.8. The average molecular weight is 427 g/mol. The van der Waals surface area contributed by atoms with Gasteiger partial charge in [0.05, 0.1) is 29.6 Å². The number of rotatable bonds is 2. The van der Waals surface area contributed by atoms with Crippen LogP contribution in [0.4, 0.5) is 23.7 Å². The van der Waals surface area contributed by atoms with Crippen molar-refractivity contribution in [3.63, 3.8) is 0 Å². The molecular formula is C19H20F3N3O3S. The van der Waals surface area contributed by atoms with Gasteiger partial charge in [-0.25, -0.2) is 4.79 Å². The number of hydrogen-bond donors (Lipinski definition) is 1. The third-order valence-corrected chi connectivity index (χ3v) is 5.18. The number of alkyl halides is 3. The molecule has 0 saturated heterocycles. The Morgan fingerprint density at radius 2 is 1.97 bits per heavy atom. The van der Waals surface area contributed by atoms with Crippen LogP contribution in [0, 0.1) is 0 Å². The number of halogens is 3. The number of nitrogens with one attached hydrogen (secondary N) is 1. The molecule has 10 heteroatoms. The summed E-state index contributed by atoms with van der Waals surface area (Å²) < 4.78 is 43.8. The molecule has 0 unspecified atom stereocenters. The highest BCUT2D eigenvalue weighted by atomic mass is 32.1. The van der Waals surface area contributed by atoms with Crippen LogP contribution in [0.5, 0.6) is 0 Å². The molecule has 1 aliphatic heterocycles. The number of thiophene rings is 1. The van der Waals surface area contributed by atoms with E-state index in [1.165, 1.54) is 11.3 Å². The second kappa shape index (κ2) is 7.66. The standard InChI is InChI=1S/C19H20F3N3O3S/c1-18(2,3)28-17(27)25-5-4-13-14(10-29-15(13)9-25)16(26)24-12-6-11(7-23-8-12)19(20,21)22/h6-8,10H,4-5,9H2,1-3H3,(H,24,26). The summed E-state index contributed by atoms with van der Waals surface area (Å²) in [5.74, 6) is -0.505. The molecule has 0 saturated carbocycles. The van der Waals surface area contributed by atoms with Gasteiger partial charge in [0.2, 0.25) is 0 Å². The van der Waals surface area contributed by atoms with Crippen LogP contribution in [0.15, 0.2) is 23.8 Å². The fraction of sp³-hybridized carbons (Fsp3) is 0.421. The van der Waals surface area contributed by atoms with E-state index in [4.69, 9.17) is 4.74 Å². The van der Waals surface area contributed by atoms with Gasteiger partial charge in [-0.15, -0.1) is 11.3 Å². The second-order valence-corrected chi connectivity index (χ2v) is 8.58. The molecule has 29 heavy (non-hydrogen) atoms. The van der Waals surface area contributed by atoms with Gasteiger partial charge < -0.3 is 15.0 Å². The van der Waals surface area contributed by atoms with Crippen molar-refractivity contribution in [2.75, 3.05) is 11.9 Å². The van der Waals surface area contributed by atoms with Crippen LogP contribution in [0.2, 0.25) is 0 Å². The van der Waals surface area contributed by atoms with Crippen molar-refractivity contribution >= 4 is 29.0 Å². The van der Waals surface area contributed by atoms with E-state index >= 15 is 0 Å². The number of pyridine rings is 1. The normalized spacial score (nSPS) is 14.3. The first-order chi connectivity index (χ1) is 13.4. The van der Waals surface area contributed by atoms with Gasteiger partial charge in [-0.2, -0.15) is 13.2 Å². The Labute approximate surface area is 169 Å². The fourth-order valence-corrected chi connectivity index (χ4v) is 3.96. The molecule has 0 radical (unpaired) electrons. The Morgan fingerprint density at radius 1 is 1.24 bits per heavy atom. The molecule has 0 aromatic carbocycles. The Morgan fingerprint density at radius 3 is 2.62 bits per heavy atom. The van der Waals surface area contributed by atoms with E-state index in [1.54, 1.807) is 31.1 Å². The third kappa shape index (κ3) is 5.06. The molecule has 3 heterocycles. The smallest absolute Gasteiger partial charge is 0.417 e. The average Bonchev–Trinajstić information content (AvgIpc) is 3.03. The molecule has 3 rings (SSSR count). The molecule has 1 aliphatic rings. The molecule has 2 aromatic heterocycles. The molecule has 2 amide bonds. The van der Waals surface area contributed by atoms with Gasteiger partial charge in [0, 0.05) is 23.0 Å². The molecule has 0 atom stereocenters. The highest BCUT2D eigenvalue weighted by molar-refractivity contribution is 7.10. The zero-order valence-corrected chi connectivity index (χ0v) is 16.9. The Hall–Kier alpha value is -2.62. The first-order valence-corrected chi connectivity index (χ1v) is 9.73. The second-order valence-electron chi connectivity index (χ2n) is 7.62. The zero-order chi connectivity index (χ0) is 21.4. The lowest BCUT2D eigenvalue weighted by molar-refractivity contribution is -0.137. The first kappa shape index (κ1) is 21.1. The van der Waals surface area contributed by atoms with Gasteiger partial charge in [-0.3, -0.25) is 9.78 Å². The molecule has 0 bridgehead atoms. The van der Waals surface area contributed by atoms with E-state index in [0.717, 1.165) is 22.7 Å². The fourth-order valence-electron chi connectivity index (χ4n) is 2.86. The molecule has 0 aliphatic carbocycles. The summed E-state index contributed by atoms with van der Waals surface area (Å²) in [6.07, 6.45) is -2.64. The summed E-state index contributed by atoms with van der Waals surface area (Å²) >= 11 is 1.33. The summed E-state index contributed by atoms with van der Waals surface area (Å²) in [6.45, 7) is 6.08. The SMILES string of the molecule is CC(C)(C)OC(=O)N1CCc2c(C(=O)Nc3cncc(C(F)(F)F)c3)csc2C1. The van der Waals surface area contributed by atoms with Crippen LogP contribution >= 0.6 is 11.3 Å². The minimum Gasteiger partial charge on any atom is -0.444 e. The van der Waals surface area contributed by atoms with Gasteiger partial charge in [-0.1, -0.05) is 0 Å². The largest absolute Gasteiger partial charge is 0.444 e.